The zero-order chi connectivity index (χ0) is 18.5. The van der Waals surface area contributed by atoms with E-state index in [2.05, 4.69) is 16.5 Å². The molecule has 0 spiro atoms. The number of nitrogens with zero attached hydrogens (tertiary/aromatic N) is 1. The molecule has 2 N–H and O–H groups in total. The highest BCUT2D eigenvalue weighted by Gasteiger charge is 2.19. The van der Waals surface area contributed by atoms with Crippen molar-refractivity contribution < 1.29 is 19.1 Å². The van der Waals surface area contributed by atoms with Gasteiger partial charge in [0.1, 0.15) is 12.4 Å². The van der Waals surface area contributed by atoms with Gasteiger partial charge in [-0.25, -0.2) is 0 Å². The Hall–Kier alpha value is -2.05. The van der Waals surface area contributed by atoms with Gasteiger partial charge in [-0.15, -0.1) is 0 Å². The Morgan fingerprint density at radius 1 is 1.19 bits per heavy atom. The fraction of sp³-hybridized carbons (Fsp3) is 0.550. The van der Waals surface area contributed by atoms with Gasteiger partial charge in [-0.3, -0.25) is 0 Å². The van der Waals surface area contributed by atoms with Crippen molar-refractivity contribution in [3.63, 3.8) is 0 Å². The molecule has 6 nitrogen and oxygen atoms in total. The smallest absolute Gasteiger partial charge is 0.161 e. The summed E-state index contributed by atoms with van der Waals surface area (Å²) in [5.74, 6) is 2.20. The number of aromatic nitrogens is 1. The van der Waals surface area contributed by atoms with Gasteiger partial charge in [-0.2, -0.15) is 0 Å². The molecule has 1 heterocycles. The second-order valence-electron chi connectivity index (χ2n) is 6.96. The standard InChI is InChI=1S/C20H28N2O4/c1-13-18(14(2)26-22-13)12-25-19-9-4-15(10-20(19)24-3)11-21-16-5-7-17(23)8-6-16/h4,9-10,16-17,21,23H,5-8,11-12H2,1-3H3. The molecular weight excluding hydrogens is 332 g/mol. The van der Waals surface area contributed by atoms with E-state index in [1.165, 1.54) is 0 Å². The predicted molar refractivity (Wildman–Crippen MR) is 98.4 cm³/mol. The summed E-state index contributed by atoms with van der Waals surface area (Å²) in [6.45, 7) is 4.97. The predicted octanol–water partition coefficient (Wildman–Crippen LogP) is 3.27. The first-order chi connectivity index (χ1) is 12.6. The van der Waals surface area contributed by atoms with Gasteiger partial charge in [0.15, 0.2) is 11.5 Å². The number of nitrogens with one attached hydrogen (secondary N) is 1. The van der Waals surface area contributed by atoms with E-state index in [9.17, 15) is 5.11 Å². The third-order valence-corrected chi connectivity index (χ3v) is 5.07. The molecule has 142 valence electrons. The van der Waals surface area contributed by atoms with Crippen molar-refractivity contribution in [2.45, 2.75) is 64.8 Å². The van der Waals surface area contributed by atoms with Gasteiger partial charge in [-0.1, -0.05) is 11.2 Å². The summed E-state index contributed by atoms with van der Waals surface area (Å²) in [7, 11) is 1.65. The molecule has 0 saturated heterocycles. The van der Waals surface area contributed by atoms with Crippen LogP contribution in [0.1, 0.15) is 48.3 Å². The number of aliphatic hydroxyl groups is 1. The van der Waals surface area contributed by atoms with Crippen LogP contribution in [0.5, 0.6) is 11.5 Å². The summed E-state index contributed by atoms with van der Waals surface area (Å²) in [6.07, 6.45) is 3.70. The molecule has 0 radical (unpaired) electrons. The Morgan fingerprint density at radius 3 is 2.62 bits per heavy atom. The van der Waals surface area contributed by atoms with Crippen molar-refractivity contribution in [1.82, 2.24) is 10.5 Å². The van der Waals surface area contributed by atoms with Gasteiger partial charge in [0.05, 0.1) is 24.5 Å². The van der Waals surface area contributed by atoms with Crippen molar-refractivity contribution >= 4 is 0 Å². The van der Waals surface area contributed by atoms with Crippen molar-refractivity contribution in [1.29, 1.82) is 0 Å². The monoisotopic (exact) mass is 360 g/mol. The van der Waals surface area contributed by atoms with Gasteiger partial charge in [0, 0.05) is 12.6 Å². The summed E-state index contributed by atoms with van der Waals surface area (Å²) in [4.78, 5) is 0. The van der Waals surface area contributed by atoms with Crippen LogP contribution < -0.4 is 14.8 Å². The summed E-state index contributed by atoms with van der Waals surface area (Å²) >= 11 is 0. The molecule has 6 heteroatoms. The van der Waals surface area contributed by atoms with Crippen molar-refractivity contribution in [2.24, 2.45) is 0 Å². The second kappa shape index (κ2) is 8.56. The number of ether oxygens (including phenoxy) is 2. The van der Waals surface area contributed by atoms with E-state index in [0.29, 0.717) is 18.4 Å². The molecule has 3 rings (SSSR count). The molecule has 0 amide bonds. The van der Waals surface area contributed by atoms with Gasteiger partial charge in [0.25, 0.3) is 0 Å². The first-order valence-corrected chi connectivity index (χ1v) is 9.19. The number of methoxy groups -OCH3 is 1. The van der Waals surface area contributed by atoms with E-state index < -0.39 is 0 Å². The van der Waals surface area contributed by atoms with Crippen LogP contribution in [0.2, 0.25) is 0 Å². The maximum absolute atomic E-state index is 9.60. The lowest BCUT2D eigenvalue weighted by Gasteiger charge is -2.26. The fourth-order valence-corrected chi connectivity index (χ4v) is 3.34. The molecule has 0 bridgehead atoms. The molecule has 0 aliphatic heterocycles. The van der Waals surface area contributed by atoms with Gasteiger partial charge in [-0.05, 0) is 57.2 Å². The van der Waals surface area contributed by atoms with Gasteiger partial charge < -0.3 is 24.4 Å². The maximum atomic E-state index is 9.60. The molecule has 0 atom stereocenters. The molecule has 1 aliphatic carbocycles. The van der Waals surface area contributed by atoms with Crippen LogP contribution in [0.25, 0.3) is 0 Å². The number of hydrogen-bond acceptors (Lipinski definition) is 6. The topological polar surface area (TPSA) is 76.8 Å². The lowest BCUT2D eigenvalue weighted by atomic mass is 9.93. The third-order valence-electron chi connectivity index (χ3n) is 5.07. The maximum Gasteiger partial charge on any atom is 0.161 e. The fourth-order valence-electron chi connectivity index (χ4n) is 3.34. The van der Waals surface area contributed by atoms with Crippen molar-refractivity contribution in [3.05, 3.63) is 40.8 Å². The lowest BCUT2D eigenvalue weighted by Crippen LogP contribution is -2.34. The Morgan fingerprint density at radius 2 is 1.96 bits per heavy atom. The first kappa shape index (κ1) is 18.7. The minimum Gasteiger partial charge on any atom is -0.493 e. The molecule has 1 aromatic heterocycles. The van der Waals surface area contributed by atoms with Crippen LogP contribution in [0.15, 0.2) is 22.7 Å². The minimum atomic E-state index is -0.123. The number of benzene rings is 1. The summed E-state index contributed by atoms with van der Waals surface area (Å²) in [5.41, 5.74) is 2.97. The van der Waals surface area contributed by atoms with Crippen molar-refractivity contribution in [3.8, 4) is 11.5 Å². The van der Waals surface area contributed by atoms with Gasteiger partial charge >= 0.3 is 0 Å². The van der Waals surface area contributed by atoms with Crippen LogP contribution >= 0.6 is 0 Å². The van der Waals surface area contributed by atoms with E-state index in [1.54, 1.807) is 7.11 Å². The largest absolute Gasteiger partial charge is 0.493 e. The molecule has 26 heavy (non-hydrogen) atoms. The molecular formula is C20H28N2O4. The first-order valence-electron chi connectivity index (χ1n) is 9.19. The van der Waals surface area contributed by atoms with E-state index in [4.69, 9.17) is 14.0 Å². The van der Waals surface area contributed by atoms with Crippen molar-refractivity contribution in [2.75, 3.05) is 7.11 Å². The van der Waals surface area contributed by atoms with E-state index in [-0.39, 0.29) is 6.10 Å². The average molecular weight is 360 g/mol. The van der Waals surface area contributed by atoms with Crippen LogP contribution in [0, 0.1) is 13.8 Å². The lowest BCUT2D eigenvalue weighted by molar-refractivity contribution is 0.116. The Balaban J connectivity index is 1.58. The zero-order valence-corrected chi connectivity index (χ0v) is 15.7. The van der Waals surface area contributed by atoms with Crippen LogP contribution in [-0.4, -0.2) is 29.5 Å². The number of hydrogen-bond donors (Lipinski definition) is 2. The van der Waals surface area contributed by atoms with E-state index in [0.717, 1.165) is 60.6 Å². The number of aliphatic hydroxyl groups excluding tert-OH is 1. The Bertz CT molecular complexity index is 701. The van der Waals surface area contributed by atoms with E-state index in [1.807, 2.05) is 26.0 Å². The molecule has 1 aliphatic rings. The zero-order valence-electron chi connectivity index (χ0n) is 15.7. The van der Waals surface area contributed by atoms with Crippen LogP contribution in [-0.2, 0) is 13.2 Å². The average Bonchev–Trinajstić information content (AvgIpc) is 2.97. The number of rotatable bonds is 7. The highest BCUT2D eigenvalue weighted by molar-refractivity contribution is 5.43. The van der Waals surface area contributed by atoms with E-state index >= 15 is 0 Å². The molecule has 2 aromatic rings. The SMILES string of the molecule is COc1cc(CNC2CCC(O)CC2)ccc1OCc1c(C)noc1C. The highest BCUT2D eigenvalue weighted by atomic mass is 16.5. The molecule has 1 fully saturated rings. The minimum absolute atomic E-state index is 0.123. The summed E-state index contributed by atoms with van der Waals surface area (Å²) in [6, 6.07) is 6.47. The molecule has 0 unspecified atom stereocenters. The molecule has 1 saturated carbocycles. The summed E-state index contributed by atoms with van der Waals surface area (Å²) in [5, 5.41) is 17.1. The van der Waals surface area contributed by atoms with Crippen LogP contribution in [0.3, 0.4) is 0 Å². The highest BCUT2D eigenvalue weighted by Crippen LogP contribution is 2.30. The number of aryl methyl sites for hydroxylation is 2. The van der Waals surface area contributed by atoms with Crippen LogP contribution in [0.4, 0.5) is 0 Å². The molecule has 1 aromatic carbocycles. The summed E-state index contributed by atoms with van der Waals surface area (Å²) < 4.78 is 16.6. The third kappa shape index (κ3) is 4.56. The quantitative estimate of drug-likeness (QED) is 0.789. The second-order valence-corrected chi connectivity index (χ2v) is 6.96. The van der Waals surface area contributed by atoms with Gasteiger partial charge in [0.2, 0.25) is 0 Å². The Kier molecular flexibility index (Phi) is 6.16. The normalized spacial score (nSPS) is 20.2. The Labute approximate surface area is 154 Å².